The summed E-state index contributed by atoms with van der Waals surface area (Å²) >= 11 is 0. The van der Waals surface area contributed by atoms with Gasteiger partial charge in [0, 0.05) is 0 Å². The fraction of sp³-hybridized carbons (Fsp3) is 0.429. The fourth-order valence-electron chi connectivity index (χ4n) is 2.54. The number of aryl methyl sites for hydroxylation is 1. The van der Waals surface area contributed by atoms with E-state index in [1.165, 1.54) is 5.56 Å². The second-order valence-corrected chi connectivity index (χ2v) is 4.41. The summed E-state index contributed by atoms with van der Waals surface area (Å²) < 4.78 is 5.20. The zero-order chi connectivity index (χ0) is 12.3. The minimum absolute atomic E-state index is 0.254. The van der Waals surface area contributed by atoms with Gasteiger partial charge in [0.15, 0.2) is 0 Å². The Kier molecular flexibility index (Phi) is 3.02. The first-order chi connectivity index (χ1) is 8.25. The van der Waals surface area contributed by atoms with E-state index in [1.54, 1.807) is 7.11 Å². The normalized spacial score (nSPS) is 22.1. The molecule has 0 aromatic heterocycles. The van der Waals surface area contributed by atoms with Gasteiger partial charge in [0.05, 0.1) is 31.1 Å². The van der Waals surface area contributed by atoms with Crippen molar-refractivity contribution in [3.63, 3.8) is 0 Å². The zero-order valence-corrected chi connectivity index (χ0v) is 9.86. The molecule has 1 aromatic rings. The van der Waals surface area contributed by atoms with Gasteiger partial charge in [-0.2, -0.15) is 10.5 Å². The van der Waals surface area contributed by atoms with Crippen LogP contribution in [0.2, 0.25) is 0 Å². The van der Waals surface area contributed by atoms with Crippen molar-refractivity contribution in [2.75, 3.05) is 7.11 Å². The van der Waals surface area contributed by atoms with Crippen LogP contribution in [0.25, 0.3) is 0 Å². The van der Waals surface area contributed by atoms with E-state index >= 15 is 0 Å². The molecule has 1 atom stereocenters. The Bertz CT molecular complexity index is 510. The van der Waals surface area contributed by atoms with Crippen molar-refractivity contribution in [3.8, 4) is 17.9 Å². The molecule has 0 spiro atoms. The number of hydrogen-bond acceptors (Lipinski definition) is 3. The van der Waals surface area contributed by atoms with Crippen molar-refractivity contribution in [2.45, 2.75) is 31.1 Å². The predicted octanol–water partition coefficient (Wildman–Crippen LogP) is 2.71. The molecule has 0 radical (unpaired) electrons. The molecule has 86 valence electrons. The van der Waals surface area contributed by atoms with Crippen LogP contribution in [0.3, 0.4) is 0 Å². The molecule has 0 fully saturated rings. The summed E-state index contributed by atoms with van der Waals surface area (Å²) in [5, 5.41) is 18.4. The topological polar surface area (TPSA) is 56.8 Å². The van der Waals surface area contributed by atoms with E-state index in [4.69, 9.17) is 10.00 Å². The van der Waals surface area contributed by atoms with Crippen molar-refractivity contribution < 1.29 is 4.74 Å². The van der Waals surface area contributed by atoms with Crippen molar-refractivity contribution in [1.82, 2.24) is 0 Å². The van der Waals surface area contributed by atoms with Crippen molar-refractivity contribution in [1.29, 1.82) is 10.5 Å². The molecule has 1 aliphatic rings. The second kappa shape index (κ2) is 4.47. The lowest BCUT2D eigenvalue weighted by molar-refractivity contribution is 0.407. The number of fused-ring (bicyclic) bond motifs is 1. The Labute approximate surface area is 101 Å². The third kappa shape index (κ3) is 1.85. The first kappa shape index (κ1) is 11.5. The minimum atomic E-state index is -0.642. The first-order valence-electron chi connectivity index (χ1n) is 5.71. The Hall–Kier alpha value is -2.00. The number of ether oxygens (including phenoxy) is 1. The molecule has 1 unspecified atom stereocenters. The average molecular weight is 226 g/mol. The van der Waals surface area contributed by atoms with E-state index in [-0.39, 0.29) is 6.42 Å². The van der Waals surface area contributed by atoms with Crippen LogP contribution in [0.15, 0.2) is 18.2 Å². The smallest absolute Gasteiger partial charge is 0.119 e. The van der Waals surface area contributed by atoms with Crippen molar-refractivity contribution in [3.05, 3.63) is 29.3 Å². The summed E-state index contributed by atoms with van der Waals surface area (Å²) in [6.07, 6.45) is 2.96. The molecule has 0 saturated carbocycles. The maximum Gasteiger partial charge on any atom is 0.119 e. The highest BCUT2D eigenvalue weighted by atomic mass is 16.5. The van der Waals surface area contributed by atoms with Gasteiger partial charge >= 0.3 is 0 Å². The van der Waals surface area contributed by atoms with E-state index in [2.05, 4.69) is 12.1 Å². The summed E-state index contributed by atoms with van der Waals surface area (Å²) in [7, 11) is 1.61. The fourth-order valence-corrected chi connectivity index (χ4v) is 2.54. The summed E-state index contributed by atoms with van der Waals surface area (Å²) in [5.41, 5.74) is 1.51. The molecule has 3 heteroatoms. The van der Waals surface area contributed by atoms with E-state index in [0.29, 0.717) is 0 Å². The quantitative estimate of drug-likeness (QED) is 0.779. The van der Waals surface area contributed by atoms with Crippen molar-refractivity contribution in [2.24, 2.45) is 0 Å². The lowest BCUT2D eigenvalue weighted by atomic mass is 9.69. The monoisotopic (exact) mass is 226 g/mol. The zero-order valence-electron chi connectivity index (χ0n) is 9.86. The highest BCUT2D eigenvalue weighted by molar-refractivity contribution is 5.46. The summed E-state index contributed by atoms with van der Waals surface area (Å²) in [4.78, 5) is 0. The highest BCUT2D eigenvalue weighted by Gasteiger charge is 2.37. The minimum Gasteiger partial charge on any atom is -0.497 e. The van der Waals surface area contributed by atoms with E-state index < -0.39 is 5.41 Å². The predicted molar refractivity (Wildman–Crippen MR) is 63.5 cm³/mol. The Morgan fingerprint density at radius 3 is 2.88 bits per heavy atom. The van der Waals surface area contributed by atoms with Gasteiger partial charge in [-0.05, 0) is 42.5 Å². The number of hydrogen-bond donors (Lipinski definition) is 0. The first-order valence-corrected chi connectivity index (χ1v) is 5.71. The molecule has 2 rings (SSSR count). The van der Waals surface area contributed by atoms with Gasteiger partial charge in [-0.15, -0.1) is 0 Å². The lowest BCUT2D eigenvalue weighted by Crippen LogP contribution is -2.29. The number of nitrogens with zero attached hydrogens (tertiary/aromatic N) is 2. The molecule has 1 aromatic carbocycles. The molecule has 0 N–H and O–H groups in total. The van der Waals surface area contributed by atoms with Gasteiger partial charge in [0.25, 0.3) is 0 Å². The van der Waals surface area contributed by atoms with Gasteiger partial charge in [0.1, 0.15) is 5.75 Å². The number of nitriles is 2. The maximum atomic E-state index is 9.44. The van der Waals surface area contributed by atoms with Gasteiger partial charge in [-0.3, -0.25) is 0 Å². The molecule has 0 saturated heterocycles. The standard InChI is InChI=1S/C14H14N2O/c1-17-12-5-4-11-3-2-6-14(10-16,7-8-15)13(11)9-12/h4-5,9H,2-3,6-7H2,1H3. The second-order valence-electron chi connectivity index (χ2n) is 4.41. The van der Waals surface area contributed by atoms with Gasteiger partial charge in [0.2, 0.25) is 0 Å². The average Bonchev–Trinajstić information content (AvgIpc) is 2.39. The van der Waals surface area contributed by atoms with Crippen LogP contribution in [-0.2, 0) is 11.8 Å². The Morgan fingerprint density at radius 1 is 1.41 bits per heavy atom. The van der Waals surface area contributed by atoms with Gasteiger partial charge in [-0.25, -0.2) is 0 Å². The van der Waals surface area contributed by atoms with Crippen LogP contribution >= 0.6 is 0 Å². The van der Waals surface area contributed by atoms with Gasteiger partial charge < -0.3 is 4.74 Å². The molecule has 1 aliphatic carbocycles. The Morgan fingerprint density at radius 2 is 2.24 bits per heavy atom. The van der Waals surface area contributed by atoms with E-state index in [1.807, 2.05) is 18.2 Å². The molecule has 3 nitrogen and oxygen atoms in total. The molecule has 0 heterocycles. The van der Waals surface area contributed by atoms with Crippen LogP contribution in [0.5, 0.6) is 5.75 Å². The van der Waals surface area contributed by atoms with E-state index in [0.717, 1.165) is 30.6 Å². The highest BCUT2D eigenvalue weighted by Crippen LogP contribution is 2.40. The number of rotatable bonds is 2. The molecule has 17 heavy (non-hydrogen) atoms. The largest absolute Gasteiger partial charge is 0.497 e. The molecular formula is C14H14N2O. The van der Waals surface area contributed by atoms with Crippen molar-refractivity contribution >= 4 is 0 Å². The molecule has 0 aliphatic heterocycles. The van der Waals surface area contributed by atoms with Gasteiger partial charge in [-0.1, -0.05) is 6.07 Å². The van der Waals surface area contributed by atoms with Crippen LogP contribution in [0, 0.1) is 22.7 Å². The lowest BCUT2D eigenvalue weighted by Gasteiger charge is -2.31. The van der Waals surface area contributed by atoms with Crippen LogP contribution in [-0.4, -0.2) is 7.11 Å². The maximum absolute atomic E-state index is 9.44. The number of benzene rings is 1. The van der Waals surface area contributed by atoms with Crippen LogP contribution in [0.1, 0.15) is 30.4 Å². The molecule has 0 amide bonds. The Balaban J connectivity index is 2.56. The van der Waals surface area contributed by atoms with Crippen LogP contribution < -0.4 is 4.74 Å². The van der Waals surface area contributed by atoms with Crippen LogP contribution in [0.4, 0.5) is 0 Å². The summed E-state index contributed by atoms with van der Waals surface area (Å²) in [6, 6.07) is 10.3. The third-order valence-electron chi connectivity index (χ3n) is 3.48. The summed E-state index contributed by atoms with van der Waals surface area (Å²) in [6.45, 7) is 0. The van der Waals surface area contributed by atoms with E-state index in [9.17, 15) is 5.26 Å². The number of methoxy groups -OCH3 is 1. The summed E-state index contributed by atoms with van der Waals surface area (Å²) in [5.74, 6) is 0.753. The molecule has 0 bridgehead atoms. The molecular weight excluding hydrogens is 212 g/mol. The SMILES string of the molecule is COc1ccc2c(c1)C(C#N)(CC#N)CCC2. The third-order valence-corrected chi connectivity index (χ3v) is 3.48.